The summed E-state index contributed by atoms with van der Waals surface area (Å²) in [6.45, 7) is 13.2. The van der Waals surface area contributed by atoms with E-state index in [2.05, 4.69) is 26.5 Å². The zero-order valence-electron chi connectivity index (χ0n) is 15.3. The van der Waals surface area contributed by atoms with Gasteiger partial charge in [-0.25, -0.2) is 0 Å². The molecule has 0 aromatic carbocycles. The Morgan fingerprint density at radius 3 is 2.13 bits per heavy atom. The first-order valence-corrected chi connectivity index (χ1v) is 8.26. The van der Waals surface area contributed by atoms with E-state index in [-0.39, 0.29) is 6.42 Å². The van der Waals surface area contributed by atoms with Crippen LogP contribution >= 0.6 is 0 Å². The minimum Gasteiger partial charge on any atom is -0.389 e. The van der Waals surface area contributed by atoms with Crippen LogP contribution in [0.2, 0.25) is 0 Å². The fourth-order valence-corrected chi connectivity index (χ4v) is 2.35. The molecule has 3 heteroatoms. The molecule has 3 N–H and O–H groups in total. The lowest BCUT2D eigenvalue weighted by molar-refractivity contribution is 0.0573. The van der Waals surface area contributed by atoms with Gasteiger partial charge in [0.25, 0.3) is 0 Å². The Kier molecular flexibility index (Phi) is 10.1. The van der Waals surface area contributed by atoms with E-state index in [1.165, 1.54) is 11.6 Å². The predicted molar refractivity (Wildman–Crippen MR) is 98.2 cm³/mol. The third-order valence-corrected chi connectivity index (χ3v) is 3.64. The molecule has 0 aliphatic rings. The summed E-state index contributed by atoms with van der Waals surface area (Å²) in [5, 5.41) is 29.9. The van der Waals surface area contributed by atoms with Gasteiger partial charge in [0.1, 0.15) is 0 Å². The highest BCUT2D eigenvalue weighted by atomic mass is 16.3. The van der Waals surface area contributed by atoms with Gasteiger partial charge in [-0.3, -0.25) is 0 Å². The summed E-state index contributed by atoms with van der Waals surface area (Å²) in [5.74, 6) is 0. The molecule has 0 bridgehead atoms. The van der Waals surface area contributed by atoms with Gasteiger partial charge in [0.15, 0.2) is 0 Å². The van der Waals surface area contributed by atoms with Crippen molar-refractivity contribution in [2.45, 2.75) is 78.1 Å². The maximum Gasteiger partial charge on any atom is 0.0824 e. The monoisotopic (exact) mass is 322 g/mol. The summed E-state index contributed by atoms with van der Waals surface area (Å²) in [7, 11) is 0. The second-order valence-corrected chi connectivity index (χ2v) is 6.95. The summed E-state index contributed by atoms with van der Waals surface area (Å²) in [6, 6.07) is 0. The fraction of sp³-hybridized carbons (Fsp3) is 0.600. The maximum atomic E-state index is 10.1. The molecule has 0 unspecified atom stereocenters. The summed E-state index contributed by atoms with van der Waals surface area (Å²) < 4.78 is 0. The molecule has 3 nitrogen and oxygen atoms in total. The molecule has 0 aliphatic carbocycles. The minimum atomic E-state index is -1.09. The van der Waals surface area contributed by atoms with Gasteiger partial charge in [0.05, 0.1) is 17.8 Å². The molecule has 0 aromatic rings. The summed E-state index contributed by atoms with van der Waals surface area (Å²) >= 11 is 0. The zero-order chi connectivity index (χ0) is 18.0. The van der Waals surface area contributed by atoms with E-state index in [4.69, 9.17) is 0 Å². The van der Waals surface area contributed by atoms with Gasteiger partial charge in [-0.15, -0.1) is 6.58 Å². The molecule has 23 heavy (non-hydrogen) atoms. The van der Waals surface area contributed by atoms with E-state index in [9.17, 15) is 15.3 Å². The molecule has 0 heterocycles. The first-order valence-electron chi connectivity index (χ1n) is 8.26. The van der Waals surface area contributed by atoms with Crippen LogP contribution in [0.1, 0.15) is 60.3 Å². The van der Waals surface area contributed by atoms with E-state index in [0.717, 1.165) is 24.0 Å². The summed E-state index contributed by atoms with van der Waals surface area (Å²) in [6.07, 6.45) is 8.48. The number of hydrogen-bond donors (Lipinski definition) is 3. The molecular weight excluding hydrogens is 288 g/mol. The topological polar surface area (TPSA) is 60.7 Å². The predicted octanol–water partition coefficient (Wildman–Crippen LogP) is 4.06. The zero-order valence-corrected chi connectivity index (χ0v) is 15.3. The van der Waals surface area contributed by atoms with E-state index < -0.39 is 17.8 Å². The molecular formula is C20H34O3. The molecule has 0 amide bonds. The Hall–Kier alpha value is -1.16. The normalized spacial score (nSPS) is 18.1. The molecule has 0 spiro atoms. The highest BCUT2D eigenvalue weighted by Gasteiger charge is 2.19. The molecule has 132 valence electrons. The van der Waals surface area contributed by atoms with Crippen LogP contribution in [0.25, 0.3) is 0 Å². The van der Waals surface area contributed by atoms with E-state index in [0.29, 0.717) is 6.42 Å². The van der Waals surface area contributed by atoms with Crippen molar-refractivity contribution in [3.8, 4) is 0 Å². The van der Waals surface area contributed by atoms with Gasteiger partial charge in [-0.1, -0.05) is 41.0 Å². The summed E-state index contributed by atoms with van der Waals surface area (Å²) in [5.41, 5.74) is 2.29. The van der Waals surface area contributed by atoms with Crippen LogP contribution in [-0.2, 0) is 0 Å². The van der Waals surface area contributed by atoms with Crippen LogP contribution in [0.15, 0.2) is 47.6 Å². The van der Waals surface area contributed by atoms with Crippen LogP contribution in [-0.4, -0.2) is 33.1 Å². The van der Waals surface area contributed by atoms with Crippen molar-refractivity contribution in [1.82, 2.24) is 0 Å². The Morgan fingerprint density at radius 1 is 1.04 bits per heavy atom. The fourth-order valence-electron chi connectivity index (χ4n) is 2.35. The van der Waals surface area contributed by atoms with Crippen LogP contribution in [0.3, 0.4) is 0 Å². The van der Waals surface area contributed by atoms with Crippen LogP contribution in [0.4, 0.5) is 0 Å². The van der Waals surface area contributed by atoms with Crippen LogP contribution in [0.5, 0.6) is 0 Å². The molecule has 0 aromatic heterocycles. The Balaban J connectivity index is 4.47. The van der Waals surface area contributed by atoms with Crippen LogP contribution in [0, 0.1) is 0 Å². The smallest absolute Gasteiger partial charge is 0.0824 e. The molecule has 0 saturated carbocycles. The number of aliphatic hydroxyl groups excluding tert-OH is 2. The molecule has 0 fully saturated rings. The van der Waals surface area contributed by atoms with Crippen molar-refractivity contribution < 1.29 is 15.3 Å². The average molecular weight is 322 g/mol. The van der Waals surface area contributed by atoms with Gasteiger partial charge < -0.3 is 15.3 Å². The Morgan fingerprint density at radius 2 is 1.61 bits per heavy atom. The standard InChI is InChI=1S/C20H34O3/c1-7-20(6,23)14-19(22)13-17(5)12-18(21)11-16(4)10-8-9-15(2)3/h7,9,11,13,18-19,21-23H,1,8,10,12,14H2,2-6H3/b16-11+,17-13+/t18-,19-,20+/m0/s1. The Labute approximate surface area is 141 Å². The molecule has 0 radical (unpaired) electrons. The van der Waals surface area contributed by atoms with Gasteiger partial charge in [-0.2, -0.15) is 0 Å². The lowest BCUT2D eigenvalue weighted by Crippen LogP contribution is -2.26. The number of aliphatic hydroxyl groups is 3. The SMILES string of the molecule is C=C[C@@](C)(O)C[C@@H](O)/C=C(\C)C[C@@H](O)/C=C(\C)CCC=C(C)C. The van der Waals surface area contributed by atoms with Gasteiger partial charge in [0.2, 0.25) is 0 Å². The largest absolute Gasteiger partial charge is 0.389 e. The van der Waals surface area contributed by atoms with Crippen molar-refractivity contribution >= 4 is 0 Å². The van der Waals surface area contributed by atoms with E-state index in [1.54, 1.807) is 13.0 Å². The molecule has 3 atom stereocenters. The third-order valence-electron chi connectivity index (χ3n) is 3.64. The van der Waals surface area contributed by atoms with Crippen molar-refractivity contribution in [3.63, 3.8) is 0 Å². The lowest BCUT2D eigenvalue weighted by Gasteiger charge is -2.21. The first kappa shape index (κ1) is 21.8. The first-order chi connectivity index (χ1) is 10.6. The number of rotatable bonds is 10. The highest BCUT2D eigenvalue weighted by molar-refractivity contribution is 5.11. The summed E-state index contributed by atoms with van der Waals surface area (Å²) in [4.78, 5) is 0. The number of hydrogen-bond acceptors (Lipinski definition) is 3. The second kappa shape index (κ2) is 10.6. The Bertz CT molecular complexity index is 452. The van der Waals surface area contributed by atoms with Crippen LogP contribution < -0.4 is 0 Å². The van der Waals surface area contributed by atoms with Crippen molar-refractivity contribution in [2.75, 3.05) is 0 Å². The maximum absolute atomic E-state index is 10.1. The number of allylic oxidation sites excluding steroid dienone is 3. The van der Waals surface area contributed by atoms with Gasteiger partial charge >= 0.3 is 0 Å². The second-order valence-electron chi connectivity index (χ2n) is 6.95. The molecule has 0 aliphatic heterocycles. The van der Waals surface area contributed by atoms with Crippen molar-refractivity contribution in [2.24, 2.45) is 0 Å². The quantitative estimate of drug-likeness (QED) is 0.531. The molecule has 0 saturated heterocycles. The van der Waals surface area contributed by atoms with E-state index in [1.807, 2.05) is 19.9 Å². The average Bonchev–Trinajstić information content (AvgIpc) is 2.36. The third kappa shape index (κ3) is 12.0. The lowest BCUT2D eigenvalue weighted by atomic mass is 9.96. The minimum absolute atomic E-state index is 0.196. The van der Waals surface area contributed by atoms with E-state index >= 15 is 0 Å². The van der Waals surface area contributed by atoms with Gasteiger partial charge in [0, 0.05) is 6.42 Å². The highest BCUT2D eigenvalue weighted by Crippen LogP contribution is 2.17. The molecule has 0 rings (SSSR count). The van der Waals surface area contributed by atoms with Crippen molar-refractivity contribution in [1.29, 1.82) is 0 Å². The van der Waals surface area contributed by atoms with Crippen molar-refractivity contribution in [3.05, 3.63) is 47.6 Å². The van der Waals surface area contributed by atoms with Gasteiger partial charge in [-0.05, 0) is 53.9 Å².